The van der Waals surface area contributed by atoms with Crippen molar-refractivity contribution >= 4 is 43.2 Å². The van der Waals surface area contributed by atoms with Gasteiger partial charge in [-0.2, -0.15) is 0 Å². The first-order valence-electron chi connectivity index (χ1n) is 5.99. The normalized spacial score (nSPS) is 12.7. The molecule has 2 rings (SSSR count). The van der Waals surface area contributed by atoms with Gasteiger partial charge in [0.05, 0.1) is 9.83 Å². The molecule has 1 unspecified atom stereocenters. The Labute approximate surface area is 134 Å². The second-order valence-electron chi connectivity index (χ2n) is 4.56. The first-order valence-corrected chi connectivity index (χ1v) is 8.39. The minimum absolute atomic E-state index is 0.132. The molecule has 0 fully saturated rings. The van der Waals surface area contributed by atoms with Gasteiger partial charge in [0, 0.05) is 9.35 Å². The topological polar surface area (TPSA) is 38.0 Å². The van der Waals surface area contributed by atoms with E-state index < -0.39 is 0 Å². The molecule has 0 saturated heterocycles. The molecule has 3 N–H and O–H groups in total. The minimum atomic E-state index is 0.132. The predicted molar refractivity (Wildman–Crippen MR) is 89.4 cm³/mol. The van der Waals surface area contributed by atoms with E-state index in [1.165, 1.54) is 21.6 Å². The van der Waals surface area contributed by atoms with Crippen LogP contribution in [0.1, 0.15) is 27.6 Å². The van der Waals surface area contributed by atoms with Gasteiger partial charge in [0.2, 0.25) is 0 Å². The van der Waals surface area contributed by atoms with Crippen LogP contribution in [-0.2, 0) is 6.42 Å². The fraction of sp³-hybridized carbons (Fsp3) is 0.286. The van der Waals surface area contributed by atoms with Crippen LogP contribution in [0.2, 0.25) is 0 Å². The Hall–Kier alpha value is -0.200. The minimum Gasteiger partial charge on any atom is -0.271 e. The zero-order valence-corrected chi connectivity index (χ0v) is 14.8. The fourth-order valence-corrected chi connectivity index (χ4v) is 4.30. The van der Waals surface area contributed by atoms with Crippen molar-refractivity contribution in [1.82, 2.24) is 5.43 Å². The third kappa shape index (κ3) is 3.47. The lowest BCUT2D eigenvalue weighted by Crippen LogP contribution is -2.29. The van der Waals surface area contributed by atoms with Crippen LogP contribution in [0.15, 0.2) is 32.5 Å². The van der Waals surface area contributed by atoms with Crippen molar-refractivity contribution in [3.8, 4) is 0 Å². The number of nitrogens with two attached hydrogens (primary N) is 1. The number of halogens is 2. The summed E-state index contributed by atoms with van der Waals surface area (Å²) in [6.45, 7) is 4.30. The van der Waals surface area contributed by atoms with Gasteiger partial charge in [0.25, 0.3) is 0 Å². The third-order valence-corrected chi connectivity index (χ3v) is 6.63. The summed E-state index contributed by atoms with van der Waals surface area (Å²) >= 11 is 8.76. The molecule has 5 heteroatoms. The molecule has 1 aromatic carbocycles. The lowest BCUT2D eigenvalue weighted by Gasteiger charge is -2.17. The fourth-order valence-electron chi connectivity index (χ4n) is 2.15. The van der Waals surface area contributed by atoms with Crippen LogP contribution in [0.4, 0.5) is 0 Å². The Morgan fingerprint density at radius 3 is 2.37 bits per heavy atom. The number of nitrogens with one attached hydrogen (secondary N) is 1. The van der Waals surface area contributed by atoms with Gasteiger partial charge in [0.1, 0.15) is 0 Å². The van der Waals surface area contributed by atoms with Gasteiger partial charge in [-0.05, 0) is 74.9 Å². The number of thiophene rings is 1. The third-order valence-electron chi connectivity index (χ3n) is 3.26. The van der Waals surface area contributed by atoms with E-state index in [1.54, 1.807) is 11.3 Å². The molecule has 2 aromatic rings. The molecule has 1 aromatic heterocycles. The maximum Gasteiger partial charge on any atom is 0.0843 e. The summed E-state index contributed by atoms with van der Waals surface area (Å²) in [7, 11) is 0. The molecule has 1 atom stereocenters. The highest BCUT2D eigenvalue weighted by atomic mass is 79.9. The van der Waals surface area contributed by atoms with E-state index in [9.17, 15) is 0 Å². The Kier molecular flexibility index (Phi) is 5.20. The van der Waals surface area contributed by atoms with Crippen LogP contribution in [0, 0.1) is 13.8 Å². The summed E-state index contributed by atoms with van der Waals surface area (Å²) in [4.78, 5) is 1.23. The first-order chi connectivity index (χ1) is 9.02. The lowest BCUT2D eigenvalue weighted by atomic mass is 9.96. The maximum absolute atomic E-state index is 5.74. The molecule has 0 radical (unpaired) electrons. The molecular weight excluding hydrogens is 388 g/mol. The van der Waals surface area contributed by atoms with Crippen molar-refractivity contribution in [2.45, 2.75) is 26.3 Å². The second-order valence-corrected chi connectivity index (χ2v) is 7.82. The van der Waals surface area contributed by atoms with Crippen molar-refractivity contribution < 1.29 is 0 Å². The van der Waals surface area contributed by atoms with E-state index >= 15 is 0 Å². The number of benzene rings is 1. The van der Waals surface area contributed by atoms with Crippen molar-refractivity contribution in [2.75, 3.05) is 0 Å². The van der Waals surface area contributed by atoms with Gasteiger partial charge in [0.15, 0.2) is 0 Å². The highest BCUT2D eigenvalue weighted by molar-refractivity contribution is 9.13. The molecule has 102 valence electrons. The summed E-state index contributed by atoms with van der Waals surface area (Å²) in [6.07, 6.45) is 0.897. The summed E-state index contributed by atoms with van der Waals surface area (Å²) < 4.78 is 2.18. The summed E-state index contributed by atoms with van der Waals surface area (Å²) in [5.74, 6) is 5.74. The quantitative estimate of drug-likeness (QED) is 0.576. The highest BCUT2D eigenvalue weighted by Crippen LogP contribution is 2.36. The zero-order valence-electron chi connectivity index (χ0n) is 10.8. The highest BCUT2D eigenvalue weighted by Gasteiger charge is 2.17. The predicted octanol–water partition coefficient (Wildman–Crippen LogP) is 4.64. The maximum atomic E-state index is 5.74. The SMILES string of the molecule is Cc1cccc(C)c1CC(NN)c1cc(Br)c(Br)s1. The van der Waals surface area contributed by atoms with Crippen LogP contribution in [0.25, 0.3) is 0 Å². The standard InChI is InChI=1S/C14H16Br2N2S/c1-8-4-3-5-9(2)10(8)6-12(18-17)13-7-11(15)14(16)19-13/h3-5,7,12,18H,6,17H2,1-2H3. The van der Waals surface area contributed by atoms with E-state index in [4.69, 9.17) is 5.84 Å². The molecule has 0 aliphatic rings. The molecule has 0 saturated carbocycles. The van der Waals surface area contributed by atoms with Gasteiger partial charge >= 0.3 is 0 Å². The second kappa shape index (κ2) is 6.50. The van der Waals surface area contributed by atoms with Crippen molar-refractivity contribution in [3.05, 3.63) is 54.1 Å². The molecule has 19 heavy (non-hydrogen) atoms. The number of hydrogen-bond acceptors (Lipinski definition) is 3. The van der Waals surface area contributed by atoms with E-state index in [1.807, 2.05) is 0 Å². The Balaban J connectivity index is 2.29. The molecule has 0 aliphatic carbocycles. The molecule has 2 nitrogen and oxygen atoms in total. The number of rotatable bonds is 4. The molecule has 0 bridgehead atoms. The summed E-state index contributed by atoms with van der Waals surface area (Å²) in [5.41, 5.74) is 6.93. The smallest absolute Gasteiger partial charge is 0.0843 e. The average molecular weight is 404 g/mol. The summed E-state index contributed by atoms with van der Waals surface area (Å²) in [6, 6.07) is 8.64. The van der Waals surface area contributed by atoms with E-state index in [0.717, 1.165) is 14.7 Å². The van der Waals surface area contributed by atoms with Crippen LogP contribution in [0.5, 0.6) is 0 Å². The van der Waals surface area contributed by atoms with Gasteiger partial charge in [-0.15, -0.1) is 11.3 Å². The van der Waals surface area contributed by atoms with E-state index in [-0.39, 0.29) is 6.04 Å². The molecule has 0 aliphatic heterocycles. The zero-order chi connectivity index (χ0) is 14.0. The van der Waals surface area contributed by atoms with Crippen LogP contribution in [-0.4, -0.2) is 0 Å². The lowest BCUT2D eigenvalue weighted by molar-refractivity contribution is 0.558. The van der Waals surface area contributed by atoms with Gasteiger partial charge in [-0.3, -0.25) is 11.3 Å². The molecule has 0 spiro atoms. The molecule has 1 heterocycles. The number of aryl methyl sites for hydroxylation is 2. The molecule has 0 amide bonds. The van der Waals surface area contributed by atoms with Crippen LogP contribution in [0.3, 0.4) is 0 Å². The van der Waals surface area contributed by atoms with Gasteiger partial charge in [-0.25, -0.2) is 0 Å². The molecular formula is C14H16Br2N2S. The first kappa shape index (κ1) is 15.2. The van der Waals surface area contributed by atoms with E-state index in [2.05, 4.69) is 75.4 Å². The van der Waals surface area contributed by atoms with Crippen molar-refractivity contribution in [2.24, 2.45) is 5.84 Å². The Morgan fingerprint density at radius 1 is 1.26 bits per heavy atom. The average Bonchev–Trinajstić information content (AvgIpc) is 2.69. The van der Waals surface area contributed by atoms with Crippen molar-refractivity contribution in [3.63, 3.8) is 0 Å². The van der Waals surface area contributed by atoms with Crippen LogP contribution < -0.4 is 11.3 Å². The summed E-state index contributed by atoms with van der Waals surface area (Å²) in [5, 5.41) is 0. The number of hydrazine groups is 1. The van der Waals surface area contributed by atoms with Gasteiger partial charge < -0.3 is 0 Å². The number of hydrogen-bond donors (Lipinski definition) is 2. The Morgan fingerprint density at radius 2 is 1.89 bits per heavy atom. The van der Waals surface area contributed by atoms with Crippen molar-refractivity contribution in [1.29, 1.82) is 0 Å². The van der Waals surface area contributed by atoms with E-state index in [0.29, 0.717) is 0 Å². The largest absolute Gasteiger partial charge is 0.271 e. The Bertz CT molecular complexity index is 541. The van der Waals surface area contributed by atoms with Gasteiger partial charge in [-0.1, -0.05) is 18.2 Å². The monoisotopic (exact) mass is 402 g/mol. The van der Waals surface area contributed by atoms with Crippen LogP contribution >= 0.6 is 43.2 Å².